The molecule has 1 amide bonds. The molecule has 3 rings (SSSR count). The van der Waals surface area contributed by atoms with Crippen LogP contribution in [0.15, 0.2) is 42.6 Å². The molecule has 1 saturated carbocycles. The van der Waals surface area contributed by atoms with Gasteiger partial charge in [-0.05, 0) is 43.2 Å². The first-order chi connectivity index (χ1) is 12.2. The molecule has 128 valence electrons. The van der Waals surface area contributed by atoms with Crippen LogP contribution in [0.4, 0.5) is 11.5 Å². The van der Waals surface area contributed by atoms with Gasteiger partial charge in [-0.15, -0.1) is 0 Å². The third kappa shape index (κ3) is 4.14. The van der Waals surface area contributed by atoms with Crippen LogP contribution >= 0.6 is 0 Å². The summed E-state index contributed by atoms with van der Waals surface area (Å²) < 4.78 is 0. The van der Waals surface area contributed by atoms with Crippen LogP contribution < -0.4 is 10.6 Å². The number of benzene rings is 1. The summed E-state index contributed by atoms with van der Waals surface area (Å²) in [5.74, 6) is 0.387. The lowest BCUT2D eigenvalue weighted by Gasteiger charge is -2.17. The van der Waals surface area contributed by atoms with Crippen molar-refractivity contribution in [2.24, 2.45) is 5.92 Å². The second-order valence-electron chi connectivity index (χ2n) is 6.19. The monoisotopic (exact) mass is 336 g/mol. The molecule has 0 bridgehead atoms. The van der Waals surface area contributed by atoms with Crippen molar-refractivity contribution in [3.05, 3.63) is 53.7 Å². The minimum absolute atomic E-state index is 0.185. The molecule has 1 aromatic heterocycles. The molecule has 1 aliphatic rings. The first kappa shape index (κ1) is 16.9. The molecule has 2 atom stereocenters. The number of rotatable bonds is 5. The Morgan fingerprint density at radius 1 is 1.32 bits per heavy atom. The van der Waals surface area contributed by atoms with Gasteiger partial charge in [0.25, 0.3) is 5.91 Å². The van der Waals surface area contributed by atoms with Crippen molar-refractivity contribution >= 4 is 17.4 Å². The Labute approximate surface area is 146 Å². The molecule has 1 fully saturated rings. The molecule has 0 unspecified atom stereocenters. The third-order valence-corrected chi connectivity index (χ3v) is 4.45. The van der Waals surface area contributed by atoms with Crippen LogP contribution in [0.1, 0.15) is 35.2 Å². The standard InChI is InChI=1S/C19H20N4O2/c20-11-13-4-1-6-15(10-13)23-19(25)16-7-3-9-21-18(16)22-12-14-5-2-8-17(14)24/h1,3-4,6-7,9-10,14,17,24H,2,5,8,12H2,(H,21,22)(H,23,25)/t14-,17+/m0/s1. The van der Waals surface area contributed by atoms with E-state index in [2.05, 4.69) is 15.6 Å². The predicted octanol–water partition coefficient (Wildman–Crippen LogP) is 2.78. The van der Waals surface area contributed by atoms with E-state index < -0.39 is 0 Å². The normalized spacial score (nSPS) is 19.2. The van der Waals surface area contributed by atoms with Crippen molar-refractivity contribution in [3.63, 3.8) is 0 Å². The van der Waals surface area contributed by atoms with Crippen LogP contribution in [0, 0.1) is 17.2 Å². The van der Waals surface area contributed by atoms with Crippen LogP contribution in [-0.2, 0) is 0 Å². The van der Waals surface area contributed by atoms with E-state index in [9.17, 15) is 9.90 Å². The predicted molar refractivity (Wildman–Crippen MR) is 95.2 cm³/mol. The van der Waals surface area contributed by atoms with Gasteiger partial charge in [0.1, 0.15) is 5.82 Å². The van der Waals surface area contributed by atoms with Gasteiger partial charge in [0, 0.05) is 24.3 Å². The Morgan fingerprint density at radius 3 is 2.96 bits per heavy atom. The number of nitrogens with one attached hydrogen (secondary N) is 2. The highest BCUT2D eigenvalue weighted by Crippen LogP contribution is 2.26. The van der Waals surface area contributed by atoms with Crippen LogP contribution in [0.5, 0.6) is 0 Å². The summed E-state index contributed by atoms with van der Waals surface area (Å²) in [5.41, 5.74) is 1.47. The Morgan fingerprint density at radius 2 is 2.20 bits per heavy atom. The van der Waals surface area contributed by atoms with Gasteiger partial charge in [0.2, 0.25) is 0 Å². The number of anilines is 2. The van der Waals surface area contributed by atoms with Gasteiger partial charge < -0.3 is 15.7 Å². The van der Waals surface area contributed by atoms with Gasteiger partial charge in [-0.2, -0.15) is 5.26 Å². The molecular weight excluding hydrogens is 316 g/mol. The lowest BCUT2D eigenvalue weighted by Crippen LogP contribution is -2.24. The topological polar surface area (TPSA) is 98.0 Å². The molecule has 0 aliphatic heterocycles. The molecule has 0 saturated heterocycles. The van der Waals surface area contributed by atoms with Gasteiger partial charge >= 0.3 is 0 Å². The smallest absolute Gasteiger partial charge is 0.259 e. The molecule has 1 aliphatic carbocycles. The van der Waals surface area contributed by atoms with E-state index in [0.29, 0.717) is 29.2 Å². The highest BCUT2D eigenvalue weighted by atomic mass is 16.3. The maximum absolute atomic E-state index is 12.6. The zero-order valence-electron chi connectivity index (χ0n) is 13.8. The summed E-state index contributed by atoms with van der Waals surface area (Å²) >= 11 is 0. The second kappa shape index (κ2) is 7.77. The fraction of sp³-hybridized carbons (Fsp3) is 0.316. The van der Waals surface area contributed by atoms with E-state index in [1.807, 2.05) is 6.07 Å². The molecule has 3 N–H and O–H groups in total. The van der Waals surface area contributed by atoms with Crippen molar-refractivity contribution in [1.82, 2.24) is 4.98 Å². The number of hydrogen-bond acceptors (Lipinski definition) is 5. The Hall–Kier alpha value is -2.91. The number of nitrogens with zero attached hydrogens (tertiary/aromatic N) is 2. The molecule has 2 aromatic rings. The van der Waals surface area contributed by atoms with Gasteiger partial charge in [0.05, 0.1) is 23.3 Å². The molecular formula is C19H20N4O2. The van der Waals surface area contributed by atoms with Gasteiger partial charge in [0.15, 0.2) is 0 Å². The highest BCUT2D eigenvalue weighted by molar-refractivity contribution is 6.07. The van der Waals surface area contributed by atoms with Crippen LogP contribution in [0.25, 0.3) is 0 Å². The summed E-state index contributed by atoms with van der Waals surface area (Å²) in [6, 6.07) is 12.2. The number of pyridine rings is 1. The van der Waals surface area contributed by atoms with E-state index in [1.165, 1.54) is 0 Å². The molecule has 6 nitrogen and oxygen atoms in total. The summed E-state index contributed by atoms with van der Waals surface area (Å²) in [4.78, 5) is 16.8. The average molecular weight is 336 g/mol. The van der Waals surface area contributed by atoms with E-state index >= 15 is 0 Å². The van der Waals surface area contributed by atoms with Gasteiger partial charge in [-0.3, -0.25) is 4.79 Å². The first-order valence-electron chi connectivity index (χ1n) is 8.36. The van der Waals surface area contributed by atoms with Gasteiger partial charge in [-0.1, -0.05) is 12.5 Å². The van der Waals surface area contributed by atoms with Gasteiger partial charge in [-0.25, -0.2) is 4.98 Å². The van der Waals surface area contributed by atoms with Crippen molar-refractivity contribution in [3.8, 4) is 6.07 Å². The minimum atomic E-state index is -0.294. The maximum atomic E-state index is 12.6. The van der Waals surface area contributed by atoms with E-state index in [1.54, 1.807) is 42.6 Å². The largest absolute Gasteiger partial charge is 0.393 e. The summed E-state index contributed by atoms with van der Waals surface area (Å²) in [6.07, 6.45) is 4.17. The highest BCUT2D eigenvalue weighted by Gasteiger charge is 2.25. The quantitative estimate of drug-likeness (QED) is 0.780. The third-order valence-electron chi connectivity index (χ3n) is 4.45. The Balaban J connectivity index is 1.71. The number of aromatic nitrogens is 1. The number of nitriles is 1. The van der Waals surface area contributed by atoms with Crippen molar-refractivity contribution in [1.29, 1.82) is 5.26 Å². The molecule has 0 spiro atoms. The number of carbonyl (C=O) groups excluding carboxylic acids is 1. The number of aliphatic hydroxyl groups excluding tert-OH is 1. The summed E-state index contributed by atoms with van der Waals surface area (Å²) in [7, 11) is 0. The molecule has 1 heterocycles. The number of carbonyl (C=O) groups is 1. The fourth-order valence-electron chi connectivity index (χ4n) is 3.08. The SMILES string of the molecule is N#Cc1cccc(NC(=O)c2cccnc2NC[C@@H]2CCC[C@H]2O)c1. The Kier molecular flexibility index (Phi) is 5.26. The second-order valence-corrected chi connectivity index (χ2v) is 6.19. The zero-order valence-corrected chi connectivity index (χ0v) is 13.8. The first-order valence-corrected chi connectivity index (χ1v) is 8.36. The number of hydrogen-bond donors (Lipinski definition) is 3. The molecule has 1 aromatic carbocycles. The van der Waals surface area contributed by atoms with Crippen LogP contribution in [0.3, 0.4) is 0 Å². The van der Waals surface area contributed by atoms with Crippen molar-refractivity contribution in [2.45, 2.75) is 25.4 Å². The number of amides is 1. The Bertz CT molecular complexity index is 800. The summed E-state index contributed by atoms with van der Waals surface area (Å²) in [5, 5.41) is 24.9. The minimum Gasteiger partial charge on any atom is -0.393 e. The van der Waals surface area contributed by atoms with E-state index in [4.69, 9.17) is 5.26 Å². The maximum Gasteiger partial charge on any atom is 0.259 e. The zero-order chi connectivity index (χ0) is 17.6. The average Bonchev–Trinajstić information content (AvgIpc) is 3.05. The molecule has 6 heteroatoms. The van der Waals surface area contributed by atoms with Crippen LogP contribution in [-0.4, -0.2) is 28.6 Å². The van der Waals surface area contributed by atoms with E-state index in [-0.39, 0.29) is 17.9 Å². The van der Waals surface area contributed by atoms with Crippen molar-refractivity contribution < 1.29 is 9.90 Å². The van der Waals surface area contributed by atoms with Crippen molar-refractivity contribution in [2.75, 3.05) is 17.2 Å². The summed E-state index contributed by atoms with van der Waals surface area (Å²) in [6.45, 7) is 0.586. The lowest BCUT2D eigenvalue weighted by molar-refractivity contribution is 0.102. The van der Waals surface area contributed by atoms with Crippen LogP contribution in [0.2, 0.25) is 0 Å². The molecule has 0 radical (unpaired) electrons. The fourth-order valence-corrected chi connectivity index (χ4v) is 3.08. The molecule has 25 heavy (non-hydrogen) atoms. The number of aliphatic hydroxyl groups is 1. The van der Waals surface area contributed by atoms with E-state index in [0.717, 1.165) is 19.3 Å². The lowest BCUT2D eigenvalue weighted by atomic mass is 10.1.